The molecule has 0 bridgehead atoms. The minimum atomic E-state index is -4.13. The number of carboxylic acid groups (broad SMARTS) is 1. The van der Waals surface area contributed by atoms with Gasteiger partial charge in [0.2, 0.25) is 0 Å². The van der Waals surface area contributed by atoms with E-state index in [1.165, 1.54) is 12.1 Å². The van der Waals surface area contributed by atoms with Crippen LogP contribution in [0.15, 0.2) is 30.3 Å². The zero-order chi connectivity index (χ0) is 14.3. The number of carbonyl (C=O) groups is 2. The number of Topliss-reactive ketones (excluding diaryl/α,β-unsaturated/α-hetero) is 1. The van der Waals surface area contributed by atoms with Crippen LogP contribution in [0.3, 0.4) is 0 Å². The van der Waals surface area contributed by atoms with Crippen molar-refractivity contribution in [1.29, 1.82) is 0 Å². The van der Waals surface area contributed by atoms with Gasteiger partial charge in [-0.15, -0.1) is 0 Å². The number of rotatable bonds is 8. The molecule has 0 heterocycles. The van der Waals surface area contributed by atoms with Gasteiger partial charge < -0.3 is 14.5 Å². The second kappa shape index (κ2) is 7.04. The van der Waals surface area contributed by atoms with Gasteiger partial charge in [0.15, 0.2) is 0 Å². The maximum absolute atomic E-state index is 11.6. The minimum absolute atomic E-state index is 0.193. The van der Waals surface area contributed by atoms with Gasteiger partial charge in [-0.1, -0.05) is 18.2 Å². The summed E-state index contributed by atoms with van der Waals surface area (Å²) in [5.74, 6) is -1.38. The Labute approximate surface area is 109 Å². The standard InChI is InChI=1S/C11H14NO6P/c13-9(6-7-11(14)15)8-12-19(16,17)18-10-4-2-1-3-5-10/h1-5H,6-8H2,(H,14,15)(H2,12,16,17). The van der Waals surface area contributed by atoms with E-state index in [9.17, 15) is 19.0 Å². The number of para-hydroxylation sites is 1. The van der Waals surface area contributed by atoms with E-state index in [1.54, 1.807) is 18.2 Å². The fraction of sp³-hybridized carbons (Fsp3) is 0.273. The predicted octanol–water partition coefficient (Wildman–Crippen LogP) is 1.19. The molecule has 0 saturated carbocycles. The molecule has 0 aliphatic rings. The molecule has 1 aromatic rings. The molecule has 1 aromatic carbocycles. The Bertz CT molecular complexity index is 489. The quantitative estimate of drug-likeness (QED) is 0.615. The van der Waals surface area contributed by atoms with Crippen molar-refractivity contribution in [3.8, 4) is 5.75 Å². The Kier molecular flexibility index (Phi) is 5.69. The molecule has 0 amide bonds. The predicted molar refractivity (Wildman–Crippen MR) is 66.8 cm³/mol. The van der Waals surface area contributed by atoms with Crippen LogP contribution in [0.5, 0.6) is 5.75 Å². The molecule has 1 unspecified atom stereocenters. The average Bonchev–Trinajstić information content (AvgIpc) is 2.34. The maximum Gasteiger partial charge on any atom is 0.456 e. The molecule has 8 heteroatoms. The first-order valence-corrected chi connectivity index (χ1v) is 7.03. The summed E-state index contributed by atoms with van der Waals surface area (Å²) in [5, 5.41) is 10.5. The number of carbonyl (C=O) groups excluding carboxylic acids is 1. The van der Waals surface area contributed by atoms with Crippen LogP contribution in [0.25, 0.3) is 0 Å². The van der Waals surface area contributed by atoms with Gasteiger partial charge in [0.25, 0.3) is 0 Å². The van der Waals surface area contributed by atoms with E-state index in [4.69, 9.17) is 9.63 Å². The van der Waals surface area contributed by atoms with Crippen LogP contribution in [0.1, 0.15) is 12.8 Å². The smallest absolute Gasteiger partial charge is 0.456 e. The lowest BCUT2D eigenvalue weighted by Crippen LogP contribution is -2.22. The average molecular weight is 287 g/mol. The highest BCUT2D eigenvalue weighted by molar-refractivity contribution is 7.51. The molecule has 1 rings (SSSR count). The summed E-state index contributed by atoms with van der Waals surface area (Å²) in [6, 6.07) is 7.98. The normalized spacial score (nSPS) is 13.5. The van der Waals surface area contributed by atoms with Gasteiger partial charge in [-0.3, -0.25) is 9.59 Å². The molecule has 0 aromatic heterocycles. The molecule has 104 valence electrons. The zero-order valence-electron chi connectivity index (χ0n) is 9.98. The van der Waals surface area contributed by atoms with Crippen molar-refractivity contribution in [3.05, 3.63) is 30.3 Å². The molecule has 0 fully saturated rings. The van der Waals surface area contributed by atoms with E-state index in [1.807, 2.05) is 0 Å². The van der Waals surface area contributed by atoms with Gasteiger partial charge in [0.1, 0.15) is 11.5 Å². The van der Waals surface area contributed by atoms with Crippen molar-refractivity contribution >= 4 is 19.5 Å². The van der Waals surface area contributed by atoms with Gasteiger partial charge >= 0.3 is 13.7 Å². The van der Waals surface area contributed by atoms with Crippen LogP contribution in [0, 0.1) is 0 Å². The second-order valence-electron chi connectivity index (χ2n) is 3.69. The SMILES string of the molecule is O=C(O)CCC(=O)CNP(=O)(O)Oc1ccccc1. The molecule has 0 saturated heterocycles. The number of hydrogen-bond acceptors (Lipinski definition) is 4. The summed E-state index contributed by atoms with van der Waals surface area (Å²) in [4.78, 5) is 30.9. The van der Waals surface area contributed by atoms with E-state index in [2.05, 4.69) is 5.09 Å². The van der Waals surface area contributed by atoms with Crippen molar-refractivity contribution in [2.75, 3.05) is 6.54 Å². The molecule has 0 radical (unpaired) electrons. The van der Waals surface area contributed by atoms with Crippen LogP contribution in [0.2, 0.25) is 0 Å². The highest BCUT2D eigenvalue weighted by Gasteiger charge is 2.21. The summed E-state index contributed by atoms with van der Waals surface area (Å²) < 4.78 is 16.4. The molecular formula is C11H14NO6P. The van der Waals surface area contributed by atoms with Crippen molar-refractivity contribution < 1.29 is 28.7 Å². The lowest BCUT2D eigenvalue weighted by molar-refractivity contribution is -0.138. The van der Waals surface area contributed by atoms with Gasteiger partial charge in [0, 0.05) is 6.42 Å². The number of benzene rings is 1. The molecule has 0 spiro atoms. The zero-order valence-corrected chi connectivity index (χ0v) is 10.9. The largest absolute Gasteiger partial charge is 0.481 e. The van der Waals surface area contributed by atoms with E-state index in [-0.39, 0.29) is 18.6 Å². The topological polar surface area (TPSA) is 113 Å². The van der Waals surface area contributed by atoms with Crippen LogP contribution >= 0.6 is 7.75 Å². The molecule has 0 aliphatic heterocycles. The molecule has 7 nitrogen and oxygen atoms in total. The van der Waals surface area contributed by atoms with E-state index in [0.717, 1.165) is 0 Å². The lowest BCUT2D eigenvalue weighted by Gasteiger charge is -2.13. The highest BCUT2D eigenvalue weighted by Crippen LogP contribution is 2.37. The third-order valence-corrected chi connectivity index (χ3v) is 3.08. The Morgan fingerprint density at radius 3 is 2.42 bits per heavy atom. The van der Waals surface area contributed by atoms with Gasteiger partial charge in [-0.2, -0.15) is 0 Å². The van der Waals surface area contributed by atoms with E-state index in [0.29, 0.717) is 0 Å². The van der Waals surface area contributed by atoms with Gasteiger partial charge in [-0.05, 0) is 12.1 Å². The van der Waals surface area contributed by atoms with Gasteiger partial charge in [-0.25, -0.2) is 9.65 Å². The summed E-state index contributed by atoms with van der Waals surface area (Å²) >= 11 is 0. The summed E-state index contributed by atoms with van der Waals surface area (Å²) in [5.41, 5.74) is 0. The minimum Gasteiger partial charge on any atom is -0.481 e. The first-order valence-electron chi connectivity index (χ1n) is 5.45. The Hall–Kier alpha value is -1.69. The number of nitrogens with one attached hydrogen (secondary N) is 1. The third kappa shape index (κ3) is 6.71. The fourth-order valence-electron chi connectivity index (χ4n) is 1.18. The maximum atomic E-state index is 11.6. The number of carboxylic acids is 1. The first-order chi connectivity index (χ1) is 8.89. The summed E-state index contributed by atoms with van der Waals surface area (Å²) in [7, 11) is -4.13. The fourth-order valence-corrected chi connectivity index (χ4v) is 2.03. The summed E-state index contributed by atoms with van der Waals surface area (Å²) in [6.45, 7) is -0.423. The van der Waals surface area contributed by atoms with Crippen molar-refractivity contribution in [1.82, 2.24) is 5.09 Å². The molecule has 1 atom stereocenters. The number of hydrogen-bond donors (Lipinski definition) is 3. The van der Waals surface area contributed by atoms with Crippen molar-refractivity contribution in [3.63, 3.8) is 0 Å². The Balaban J connectivity index is 2.40. The van der Waals surface area contributed by atoms with Crippen LogP contribution < -0.4 is 9.61 Å². The third-order valence-electron chi connectivity index (χ3n) is 2.07. The highest BCUT2D eigenvalue weighted by atomic mass is 31.2. The molecule has 3 N–H and O–H groups in total. The molecule has 19 heavy (non-hydrogen) atoms. The number of ketones is 1. The molecular weight excluding hydrogens is 273 g/mol. The van der Waals surface area contributed by atoms with Crippen LogP contribution in [0.4, 0.5) is 0 Å². The monoisotopic (exact) mass is 287 g/mol. The van der Waals surface area contributed by atoms with Gasteiger partial charge in [0.05, 0.1) is 13.0 Å². The Morgan fingerprint density at radius 1 is 1.21 bits per heavy atom. The van der Waals surface area contributed by atoms with E-state index >= 15 is 0 Å². The van der Waals surface area contributed by atoms with Crippen molar-refractivity contribution in [2.45, 2.75) is 12.8 Å². The van der Waals surface area contributed by atoms with E-state index < -0.39 is 26.0 Å². The van der Waals surface area contributed by atoms with Crippen LogP contribution in [-0.4, -0.2) is 28.3 Å². The van der Waals surface area contributed by atoms with Crippen molar-refractivity contribution in [2.24, 2.45) is 0 Å². The van der Waals surface area contributed by atoms with Crippen LogP contribution in [-0.2, 0) is 14.2 Å². The lowest BCUT2D eigenvalue weighted by atomic mass is 10.2. The number of aliphatic carboxylic acids is 1. The Morgan fingerprint density at radius 2 is 1.84 bits per heavy atom. The molecule has 0 aliphatic carbocycles. The first kappa shape index (κ1) is 15.4. The summed E-state index contributed by atoms with van der Waals surface area (Å²) in [6.07, 6.45) is -0.510. The second-order valence-corrected chi connectivity index (χ2v) is 5.23.